The number of rotatable bonds is 6. The van der Waals surface area contributed by atoms with Crippen molar-refractivity contribution < 1.29 is 14.7 Å². The third-order valence-corrected chi connectivity index (χ3v) is 4.06. The topological polar surface area (TPSA) is 81.7 Å². The monoisotopic (exact) mass is 285 g/mol. The van der Waals surface area contributed by atoms with Gasteiger partial charge in [-0.2, -0.15) is 0 Å². The SMILES string of the molecule is CCC(C)[C@H](NC(=O)N1CCCC(CNC)C1)C(=O)O. The molecule has 1 aliphatic rings. The third-order valence-electron chi connectivity index (χ3n) is 4.06. The van der Waals surface area contributed by atoms with Gasteiger partial charge in [0, 0.05) is 13.1 Å². The minimum atomic E-state index is -0.962. The van der Waals surface area contributed by atoms with E-state index in [0.29, 0.717) is 19.0 Å². The van der Waals surface area contributed by atoms with Crippen LogP contribution in [0.25, 0.3) is 0 Å². The fourth-order valence-corrected chi connectivity index (χ4v) is 2.61. The lowest BCUT2D eigenvalue weighted by Gasteiger charge is -2.34. The Balaban J connectivity index is 2.57. The molecule has 0 aliphatic carbocycles. The van der Waals surface area contributed by atoms with Gasteiger partial charge in [0.1, 0.15) is 6.04 Å². The van der Waals surface area contributed by atoms with Crippen molar-refractivity contribution in [2.24, 2.45) is 11.8 Å². The summed E-state index contributed by atoms with van der Waals surface area (Å²) < 4.78 is 0. The molecule has 20 heavy (non-hydrogen) atoms. The highest BCUT2D eigenvalue weighted by Crippen LogP contribution is 2.16. The van der Waals surface area contributed by atoms with Crippen LogP contribution in [0.1, 0.15) is 33.1 Å². The Kier molecular flexibility index (Phi) is 6.78. The average molecular weight is 285 g/mol. The standard InChI is InChI=1S/C14H27N3O3/c1-4-10(2)12(13(18)19)16-14(20)17-7-5-6-11(9-17)8-15-3/h10-12,15H,4-9H2,1-3H3,(H,16,20)(H,18,19)/t10?,11?,12-/m0/s1. The minimum Gasteiger partial charge on any atom is -0.480 e. The first-order chi connectivity index (χ1) is 9.49. The normalized spacial score (nSPS) is 22.1. The summed E-state index contributed by atoms with van der Waals surface area (Å²) in [5, 5.41) is 15.0. The van der Waals surface area contributed by atoms with Crippen molar-refractivity contribution in [2.45, 2.75) is 39.2 Å². The van der Waals surface area contributed by atoms with Crippen molar-refractivity contribution >= 4 is 12.0 Å². The van der Waals surface area contributed by atoms with E-state index >= 15 is 0 Å². The summed E-state index contributed by atoms with van der Waals surface area (Å²) in [5.41, 5.74) is 0. The van der Waals surface area contributed by atoms with Crippen LogP contribution in [0.3, 0.4) is 0 Å². The van der Waals surface area contributed by atoms with Crippen molar-refractivity contribution in [1.29, 1.82) is 0 Å². The molecule has 2 amide bonds. The van der Waals surface area contributed by atoms with E-state index in [9.17, 15) is 14.7 Å². The quantitative estimate of drug-likeness (QED) is 0.683. The number of carbonyl (C=O) groups excluding carboxylic acids is 1. The number of nitrogens with zero attached hydrogens (tertiary/aromatic N) is 1. The fourth-order valence-electron chi connectivity index (χ4n) is 2.61. The van der Waals surface area contributed by atoms with Gasteiger partial charge in [0.05, 0.1) is 0 Å². The smallest absolute Gasteiger partial charge is 0.326 e. The Morgan fingerprint density at radius 3 is 2.70 bits per heavy atom. The number of carboxylic acids is 1. The van der Waals surface area contributed by atoms with E-state index in [-0.39, 0.29) is 11.9 Å². The Morgan fingerprint density at radius 2 is 2.15 bits per heavy atom. The average Bonchev–Trinajstić information content (AvgIpc) is 2.44. The highest BCUT2D eigenvalue weighted by Gasteiger charge is 2.29. The Bertz CT molecular complexity index is 334. The maximum atomic E-state index is 12.2. The van der Waals surface area contributed by atoms with Crippen LogP contribution in [-0.2, 0) is 4.79 Å². The Labute approximate surface area is 120 Å². The molecule has 0 spiro atoms. The van der Waals surface area contributed by atoms with E-state index < -0.39 is 12.0 Å². The lowest BCUT2D eigenvalue weighted by atomic mass is 9.97. The summed E-state index contributed by atoms with van der Waals surface area (Å²) in [6.07, 6.45) is 2.80. The lowest BCUT2D eigenvalue weighted by molar-refractivity contribution is -0.140. The van der Waals surface area contributed by atoms with Gasteiger partial charge in [0.2, 0.25) is 0 Å². The van der Waals surface area contributed by atoms with Crippen molar-refractivity contribution in [1.82, 2.24) is 15.5 Å². The van der Waals surface area contributed by atoms with E-state index in [1.165, 1.54) is 0 Å². The lowest BCUT2D eigenvalue weighted by Crippen LogP contribution is -2.53. The van der Waals surface area contributed by atoms with Gasteiger partial charge in [-0.25, -0.2) is 9.59 Å². The maximum Gasteiger partial charge on any atom is 0.326 e. The van der Waals surface area contributed by atoms with Crippen LogP contribution in [-0.4, -0.2) is 54.7 Å². The van der Waals surface area contributed by atoms with Gasteiger partial charge in [-0.1, -0.05) is 20.3 Å². The first-order valence-electron chi connectivity index (χ1n) is 7.42. The van der Waals surface area contributed by atoms with Crippen LogP contribution in [0.2, 0.25) is 0 Å². The van der Waals surface area contributed by atoms with Gasteiger partial charge < -0.3 is 20.6 Å². The number of hydrogen-bond acceptors (Lipinski definition) is 3. The summed E-state index contributed by atoms with van der Waals surface area (Å²) in [4.78, 5) is 25.2. The number of nitrogens with one attached hydrogen (secondary N) is 2. The molecule has 0 aromatic heterocycles. The largest absolute Gasteiger partial charge is 0.480 e. The molecule has 0 radical (unpaired) electrons. The van der Waals surface area contributed by atoms with Gasteiger partial charge in [0.25, 0.3) is 0 Å². The van der Waals surface area contributed by atoms with Crippen LogP contribution in [0.15, 0.2) is 0 Å². The van der Waals surface area contributed by atoms with Gasteiger partial charge in [-0.3, -0.25) is 0 Å². The molecule has 1 rings (SSSR count). The van der Waals surface area contributed by atoms with Gasteiger partial charge >= 0.3 is 12.0 Å². The predicted octanol–water partition coefficient (Wildman–Crippen LogP) is 1.13. The molecule has 0 bridgehead atoms. The van der Waals surface area contributed by atoms with Crippen LogP contribution in [0, 0.1) is 11.8 Å². The van der Waals surface area contributed by atoms with Crippen molar-refractivity contribution in [3.05, 3.63) is 0 Å². The molecule has 6 heteroatoms. The first-order valence-corrected chi connectivity index (χ1v) is 7.42. The predicted molar refractivity (Wildman–Crippen MR) is 77.6 cm³/mol. The first kappa shape index (κ1) is 16.8. The van der Waals surface area contributed by atoms with Crippen molar-refractivity contribution in [3.63, 3.8) is 0 Å². The van der Waals surface area contributed by atoms with Crippen molar-refractivity contribution in [3.8, 4) is 0 Å². The summed E-state index contributed by atoms with van der Waals surface area (Å²) in [6, 6.07) is -1.06. The van der Waals surface area contributed by atoms with E-state index in [2.05, 4.69) is 10.6 Å². The third kappa shape index (κ3) is 4.67. The summed E-state index contributed by atoms with van der Waals surface area (Å²) in [7, 11) is 1.91. The van der Waals surface area contributed by atoms with Crippen LogP contribution >= 0.6 is 0 Å². The number of aliphatic carboxylic acids is 1. The zero-order valence-electron chi connectivity index (χ0n) is 12.7. The molecule has 1 heterocycles. The van der Waals surface area contributed by atoms with E-state index in [4.69, 9.17) is 0 Å². The molecular formula is C14H27N3O3. The molecule has 0 saturated carbocycles. The highest BCUT2D eigenvalue weighted by atomic mass is 16.4. The number of amides is 2. The number of carbonyl (C=O) groups is 2. The van der Waals surface area contributed by atoms with Gasteiger partial charge in [0.15, 0.2) is 0 Å². The number of hydrogen-bond donors (Lipinski definition) is 3. The summed E-state index contributed by atoms with van der Waals surface area (Å²) in [6.45, 7) is 6.06. The van der Waals surface area contributed by atoms with Crippen LogP contribution < -0.4 is 10.6 Å². The summed E-state index contributed by atoms with van der Waals surface area (Å²) in [5.74, 6) is -0.586. The molecule has 1 saturated heterocycles. The van der Waals surface area contributed by atoms with Crippen molar-refractivity contribution in [2.75, 3.05) is 26.7 Å². The molecule has 0 aromatic carbocycles. The molecule has 1 aliphatic heterocycles. The Hall–Kier alpha value is -1.30. The zero-order chi connectivity index (χ0) is 15.1. The molecule has 3 N–H and O–H groups in total. The van der Waals surface area contributed by atoms with Crippen LogP contribution in [0.4, 0.5) is 4.79 Å². The molecule has 6 nitrogen and oxygen atoms in total. The minimum absolute atomic E-state index is 0.0747. The zero-order valence-corrected chi connectivity index (χ0v) is 12.7. The maximum absolute atomic E-state index is 12.2. The second-order valence-corrected chi connectivity index (χ2v) is 5.66. The second kappa shape index (κ2) is 8.09. The molecule has 1 fully saturated rings. The van der Waals surface area contributed by atoms with Crippen LogP contribution in [0.5, 0.6) is 0 Å². The van der Waals surface area contributed by atoms with Gasteiger partial charge in [-0.15, -0.1) is 0 Å². The van der Waals surface area contributed by atoms with E-state index in [0.717, 1.165) is 25.8 Å². The number of urea groups is 1. The number of likely N-dealkylation sites (tertiary alicyclic amines) is 1. The molecule has 116 valence electrons. The van der Waals surface area contributed by atoms with E-state index in [1.807, 2.05) is 20.9 Å². The molecular weight excluding hydrogens is 258 g/mol. The van der Waals surface area contributed by atoms with Gasteiger partial charge in [-0.05, 0) is 38.3 Å². The molecule has 2 unspecified atom stereocenters. The molecule has 0 aromatic rings. The summed E-state index contributed by atoms with van der Waals surface area (Å²) >= 11 is 0. The number of carboxylic acid groups (broad SMARTS) is 1. The fraction of sp³-hybridized carbons (Fsp3) is 0.857. The highest BCUT2D eigenvalue weighted by molar-refractivity contribution is 5.82. The second-order valence-electron chi connectivity index (χ2n) is 5.66. The number of piperidine rings is 1. The molecule has 3 atom stereocenters. The Morgan fingerprint density at radius 1 is 1.45 bits per heavy atom. The van der Waals surface area contributed by atoms with E-state index in [1.54, 1.807) is 4.90 Å².